The van der Waals surface area contributed by atoms with E-state index in [0.717, 1.165) is 11.1 Å². The molecule has 0 aliphatic carbocycles. The molecule has 1 heterocycles. The molecule has 1 aromatic heterocycles. The average molecular weight is 487 g/mol. The van der Waals surface area contributed by atoms with Gasteiger partial charge in [0.05, 0.1) is 17.4 Å². The Balaban J connectivity index is 1.58. The number of aliphatic carboxylic acids is 1. The van der Waals surface area contributed by atoms with E-state index in [1.54, 1.807) is 17.6 Å². The fraction of sp³-hybridized carbons (Fsp3) is 0.276. The van der Waals surface area contributed by atoms with E-state index in [2.05, 4.69) is 0 Å². The van der Waals surface area contributed by atoms with Crippen LogP contribution in [0.5, 0.6) is 5.75 Å². The minimum atomic E-state index is -0.970. The molecule has 0 saturated heterocycles. The van der Waals surface area contributed by atoms with Gasteiger partial charge in [-0.2, -0.15) is 0 Å². The predicted molar refractivity (Wildman–Crippen MR) is 138 cm³/mol. The summed E-state index contributed by atoms with van der Waals surface area (Å²) in [6, 6.07) is 24.4. The van der Waals surface area contributed by atoms with E-state index in [4.69, 9.17) is 14.5 Å². The molecule has 0 aliphatic heterocycles. The molecule has 0 bridgehead atoms. The minimum Gasteiger partial charge on any atom is -0.486 e. The van der Waals surface area contributed by atoms with Crippen molar-refractivity contribution in [2.45, 2.75) is 45.4 Å². The molecule has 186 valence electrons. The summed E-state index contributed by atoms with van der Waals surface area (Å²) in [6.45, 7) is 4.57. The first-order valence-electron chi connectivity index (χ1n) is 12.1. The summed E-state index contributed by atoms with van der Waals surface area (Å²) in [7, 11) is 0. The quantitative estimate of drug-likeness (QED) is 0.321. The van der Waals surface area contributed by atoms with E-state index in [0.29, 0.717) is 42.0 Å². The van der Waals surface area contributed by atoms with Gasteiger partial charge < -0.3 is 14.6 Å². The topological polar surface area (TPSA) is 90.7 Å². The van der Waals surface area contributed by atoms with Crippen LogP contribution in [0.4, 0.5) is 0 Å². The maximum Gasteiger partial charge on any atom is 0.333 e. The lowest BCUT2D eigenvalue weighted by molar-refractivity contribution is -0.151. The Morgan fingerprint density at radius 2 is 1.67 bits per heavy atom. The molecular formula is C29H30N2O5. The van der Waals surface area contributed by atoms with Crippen LogP contribution in [0.2, 0.25) is 0 Å². The van der Waals surface area contributed by atoms with Crippen LogP contribution in [0.15, 0.2) is 83.7 Å². The van der Waals surface area contributed by atoms with Gasteiger partial charge in [0.15, 0.2) is 11.9 Å². The van der Waals surface area contributed by atoms with Crippen molar-refractivity contribution < 1.29 is 19.4 Å². The first-order chi connectivity index (χ1) is 17.5. The number of hydrogen-bond acceptors (Lipinski definition) is 5. The zero-order valence-corrected chi connectivity index (χ0v) is 20.5. The summed E-state index contributed by atoms with van der Waals surface area (Å²) < 4.78 is 13.2. The van der Waals surface area contributed by atoms with E-state index < -0.39 is 12.1 Å². The van der Waals surface area contributed by atoms with Crippen molar-refractivity contribution >= 4 is 16.9 Å². The normalized spacial score (nSPS) is 12.8. The number of benzene rings is 3. The van der Waals surface area contributed by atoms with Crippen molar-refractivity contribution in [3.8, 4) is 5.75 Å². The molecular weight excluding hydrogens is 456 g/mol. The SMILES string of the molecule is CCOC(C(=O)O)C(CC)c1ccc(OCc2nc3ccccc3c(=O)n2Cc2ccccc2)cc1. The molecule has 2 atom stereocenters. The number of rotatable bonds is 11. The molecule has 36 heavy (non-hydrogen) atoms. The summed E-state index contributed by atoms with van der Waals surface area (Å²) in [5, 5.41) is 10.1. The Labute approximate surface area is 210 Å². The Hall–Kier alpha value is -3.97. The molecule has 2 unspecified atom stereocenters. The Morgan fingerprint density at radius 3 is 2.33 bits per heavy atom. The van der Waals surface area contributed by atoms with E-state index in [1.165, 1.54) is 0 Å². The lowest BCUT2D eigenvalue weighted by Crippen LogP contribution is -2.30. The van der Waals surface area contributed by atoms with Crippen LogP contribution in [0, 0.1) is 0 Å². The minimum absolute atomic E-state index is 0.111. The Morgan fingerprint density at radius 1 is 0.972 bits per heavy atom. The summed E-state index contributed by atoms with van der Waals surface area (Å²) >= 11 is 0. The second-order valence-corrected chi connectivity index (χ2v) is 8.51. The van der Waals surface area contributed by atoms with Crippen molar-refractivity contribution in [3.05, 3.63) is 106 Å². The van der Waals surface area contributed by atoms with Gasteiger partial charge in [-0.1, -0.05) is 61.5 Å². The third-order valence-electron chi connectivity index (χ3n) is 6.20. The van der Waals surface area contributed by atoms with Gasteiger partial charge >= 0.3 is 5.97 Å². The maximum absolute atomic E-state index is 13.3. The number of hydrogen-bond donors (Lipinski definition) is 1. The Kier molecular flexibility index (Phi) is 8.13. The second-order valence-electron chi connectivity index (χ2n) is 8.51. The lowest BCUT2D eigenvalue weighted by atomic mass is 9.91. The van der Waals surface area contributed by atoms with Crippen LogP contribution >= 0.6 is 0 Å². The largest absolute Gasteiger partial charge is 0.486 e. The fourth-order valence-corrected chi connectivity index (χ4v) is 4.38. The molecule has 0 amide bonds. The van der Waals surface area contributed by atoms with Crippen LogP contribution in [0.3, 0.4) is 0 Å². The number of ether oxygens (including phenoxy) is 2. The molecule has 0 spiro atoms. The molecule has 3 aromatic carbocycles. The summed E-state index contributed by atoms with van der Waals surface area (Å²) in [5.74, 6) is -0.108. The molecule has 7 heteroatoms. The number of aromatic nitrogens is 2. The van der Waals surface area contributed by atoms with Gasteiger partial charge in [-0.25, -0.2) is 9.78 Å². The van der Waals surface area contributed by atoms with Crippen LogP contribution in [-0.4, -0.2) is 33.3 Å². The number of fused-ring (bicyclic) bond motifs is 1. The first-order valence-corrected chi connectivity index (χ1v) is 12.1. The van der Waals surface area contributed by atoms with E-state index in [1.807, 2.05) is 79.7 Å². The van der Waals surface area contributed by atoms with E-state index in [9.17, 15) is 14.7 Å². The Bertz CT molecular complexity index is 1370. The molecule has 1 N–H and O–H groups in total. The number of carbonyl (C=O) groups is 1. The first kappa shape index (κ1) is 25.1. The molecule has 0 aliphatic rings. The van der Waals surface area contributed by atoms with Gasteiger partial charge in [0.2, 0.25) is 0 Å². The van der Waals surface area contributed by atoms with Crippen molar-refractivity contribution in [3.63, 3.8) is 0 Å². The average Bonchev–Trinajstić information content (AvgIpc) is 2.90. The highest BCUT2D eigenvalue weighted by atomic mass is 16.5. The highest BCUT2D eigenvalue weighted by Crippen LogP contribution is 2.28. The van der Waals surface area contributed by atoms with Crippen molar-refractivity contribution in [2.75, 3.05) is 6.61 Å². The molecule has 7 nitrogen and oxygen atoms in total. The van der Waals surface area contributed by atoms with Crippen LogP contribution in [0.1, 0.15) is 43.1 Å². The smallest absolute Gasteiger partial charge is 0.333 e. The second kappa shape index (κ2) is 11.6. The highest BCUT2D eigenvalue weighted by molar-refractivity contribution is 5.77. The number of carboxylic acids is 1. The maximum atomic E-state index is 13.3. The van der Waals surface area contributed by atoms with Gasteiger partial charge in [-0.05, 0) is 48.7 Å². The summed E-state index contributed by atoms with van der Waals surface area (Å²) in [5.41, 5.74) is 2.38. The molecule has 0 saturated carbocycles. The molecule has 4 rings (SSSR count). The fourth-order valence-electron chi connectivity index (χ4n) is 4.38. The zero-order chi connectivity index (χ0) is 25.5. The van der Waals surface area contributed by atoms with E-state index in [-0.39, 0.29) is 18.1 Å². The standard InChI is InChI=1S/C29H30N2O5/c1-3-23(27(29(33)34)35-4-2)21-14-16-22(17-15-21)36-19-26-30-25-13-9-8-12-24(25)28(32)31(26)18-20-10-6-5-7-11-20/h5-17,23,27H,3-4,18-19H2,1-2H3,(H,33,34). The van der Waals surface area contributed by atoms with Gasteiger partial charge in [0, 0.05) is 12.5 Å². The predicted octanol–water partition coefficient (Wildman–Crippen LogP) is 5.01. The third kappa shape index (κ3) is 5.63. The summed E-state index contributed by atoms with van der Waals surface area (Å²) in [4.78, 5) is 29.7. The van der Waals surface area contributed by atoms with Crippen molar-refractivity contribution in [1.29, 1.82) is 0 Å². The van der Waals surface area contributed by atoms with Gasteiger partial charge in [-0.15, -0.1) is 0 Å². The lowest BCUT2D eigenvalue weighted by Gasteiger charge is -2.23. The van der Waals surface area contributed by atoms with Gasteiger partial charge in [-0.3, -0.25) is 9.36 Å². The van der Waals surface area contributed by atoms with Crippen LogP contribution < -0.4 is 10.3 Å². The monoisotopic (exact) mass is 486 g/mol. The molecule has 0 radical (unpaired) electrons. The summed E-state index contributed by atoms with van der Waals surface area (Å²) in [6.07, 6.45) is -0.273. The zero-order valence-electron chi connectivity index (χ0n) is 20.5. The van der Waals surface area contributed by atoms with Crippen molar-refractivity contribution in [2.24, 2.45) is 0 Å². The van der Waals surface area contributed by atoms with Crippen molar-refractivity contribution in [1.82, 2.24) is 9.55 Å². The molecule has 4 aromatic rings. The third-order valence-corrected chi connectivity index (χ3v) is 6.20. The molecule has 0 fully saturated rings. The number of nitrogens with zero attached hydrogens (tertiary/aromatic N) is 2. The van der Waals surface area contributed by atoms with Crippen LogP contribution in [-0.2, 0) is 22.7 Å². The van der Waals surface area contributed by atoms with Gasteiger partial charge in [0.1, 0.15) is 12.4 Å². The highest BCUT2D eigenvalue weighted by Gasteiger charge is 2.28. The van der Waals surface area contributed by atoms with Gasteiger partial charge in [0.25, 0.3) is 5.56 Å². The van der Waals surface area contributed by atoms with Crippen LogP contribution in [0.25, 0.3) is 10.9 Å². The van der Waals surface area contributed by atoms with E-state index >= 15 is 0 Å². The number of carboxylic acid groups (broad SMARTS) is 1. The number of para-hydroxylation sites is 1.